The second-order valence-electron chi connectivity index (χ2n) is 2.39. The van der Waals surface area contributed by atoms with Gasteiger partial charge in [-0.05, 0) is 12.7 Å². The lowest BCUT2D eigenvalue weighted by Crippen LogP contribution is -2.05. The minimum Gasteiger partial charge on any atom is -0.467 e. The van der Waals surface area contributed by atoms with E-state index in [-0.39, 0.29) is 0 Å². The van der Waals surface area contributed by atoms with Gasteiger partial charge < -0.3 is 10.1 Å². The van der Waals surface area contributed by atoms with Gasteiger partial charge in [-0.25, -0.2) is 0 Å². The Bertz CT molecular complexity index is 270. The van der Waals surface area contributed by atoms with E-state index in [0.717, 1.165) is 12.3 Å². The summed E-state index contributed by atoms with van der Waals surface area (Å²) in [7, 11) is 1.55. The lowest BCUT2D eigenvalue weighted by molar-refractivity contribution is 0.373. The molecule has 0 unspecified atom stereocenters. The topological polar surface area (TPSA) is 59.9 Å². The molecule has 14 heavy (non-hydrogen) atoms. The molecule has 0 bridgehead atoms. The first-order valence-electron chi connectivity index (χ1n) is 4.46. The van der Waals surface area contributed by atoms with Crippen LogP contribution in [0.5, 0.6) is 6.01 Å². The van der Waals surface area contributed by atoms with Crippen LogP contribution in [0.1, 0.15) is 13.8 Å². The van der Waals surface area contributed by atoms with Crippen molar-refractivity contribution in [2.75, 3.05) is 24.7 Å². The summed E-state index contributed by atoms with van der Waals surface area (Å²) in [6.45, 7) is 4.82. The Morgan fingerprint density at radius 1 is 1.29 bits per heavy atom. The summed E-state index contributed by atoms with van der Waals surface area (Å²) in [6, 6.07) is 0.354. The largest absolute Gasteiger partial charge is 0.467 e. The number of methoxy groups -OCH3 is 1. The average molecular weight is 214 g/mol. The maximum absolute atomic E-state index is 4.97. The molecule has 1 aromatic rings. The third-order valence-electron chi connectivity index (χ3n) is 1.39. The van der Waals surface area contributed by atoms with Crippen LogP contribution < -0.4 is 10.1 Å². The minimum absolute atomic E-state index is 0.354. The Balaban J connectivity index is 2.88. The van der Waals surface area contributed by atoms with Crippen molar-refractivity contribution in [3.8, 4) is 6.01 Å². The van der Waals surface area contributed by atoms with Crippen LogP contribution in [0.4, 0.5) is 5.95 Å². The van der Waals surface area contributed by atoms with Crippen LogP contribution in [0.2, 0.25) is 0 Å². The van der Waals surface area contributed by atoms with Crippen molar-refractivity contribution in [3.63, 3.8) is 0 Å². The molecule has 0 aliphatic heterocycles. The maximum Gasteiger partial charge on any atom is 0.321 e. The molecule has 0 fully saturated rings. The molecule has 0 saturated carbocycles. The van der Waals surface area contributed by atoms with E-state index in [0.29, 0.717) is 17.1 Å². The van der Waals surface area contributed by atoms with Gasteiger partial charge in [0.05, 0.1) is 7.11 Å². The quantitative estimate of drug-likeness (QED) is 0.748. The van der Waals surface area contributed by atoms with E-state index in [1.165, 1.54) is 0 Å². The molecule has 0 radical (unpaired) electrons. The first-order chi connectivity index (χ1) is 6.80. The molecule has 0 amide bonds. The minimum atomic E-state index is 0.354. The van der Waals surface area contributed by atoms with Crippen molar-refractivity contribution < 1.29 is 4.74 Å². The summed E-state index contributed by atoms with van der Waals surface area (Å²) >= 11 is 1.56. The number of thioether (sulfide) groups is 1. The van der Waals surface area contributed by atoms with Crippen molar-refractivity contribution in [1.82, 2.24) is 15.0 Å². The normalized spacial score (nSPS) is 9.93. The molecule has 1 aromatic heterocycles. The van der Waals surface area contributed by atoms with E-state index in [1.807, 2.05) is 13.8 Å². The second kappa shape index (κ2) is 5.64. The lowest BCUT2D eigenvalue weighted by Gasteiger charge is -2.05. The van der Waals surface area contributed by atoms with Crippen molar-refractivity contribution in [3.05, 3.63) is 0 Å². The van der Waals surface area contributed by atoms with Gasteiger partial charge >= 0.3 is 6.01 Å². The molecule has 6 heteroatoms. The van der Waals surface area contributed by atoms with Gasteiger partial charge in [0.1, 0.15) is 0 Å². The smallest absolute Gasteiger partial charge is 0.321 e. The van der Waals surface area contributed by atoms with Crippen LogP contribution in [-0.2, 0) is 0 Å². The van der Waals surface area contributed by atoms with Crippen molar-refractivity contribution in [2.45, 2.75) is 19.0 Å². The maximum atomic E-state index is 4.97. The SMILES string of the molecule is CCNc1nc(OC)nc(SCC)n1. The Kier molecular flexibility index (Phi) is 4.45. The van der Waals surface area contributed by atoms with Gasteiger partial charge in [-0.3, -0.25) is 0 Å². The summed E-state index contributed by atoms with van der Waals surface area (Å²) in [6.07, 6.45) is 0. The van der Waals surface area contributed by atoms with Gasteiger partial charge in [0, 0.05) is 6.54 Å². The molecule has 0 spiro atoms. The van der Waals surface area contributed by atoms with E-state index in [2.05, 4.69) is 20.3 Å². The number of nitrogens with one attached hydrogen (secondary N) is 1. The number of nitrogens with zero attached hydrogens (tertiary/aromatic N) is 3. The highest BCUT2D eigenvalue weighted by Crippen LogP contribution is 2.16. The van der Waals surface area contributed by atoms with Crippen LogP contribution in [0.25, 0.3) is 0 Å². The van der Waals surface area contributed by atoms with Crippen LogP contribution in [0, 0.1) is 0 Å². The van der Waals surface area contributed by atoms with Gasteiger partial charge in [-0.15, -0.1) is 0 Å². The number of ether oxygens (including phenoxy) is 1. The predicted octanol–water partition coefficient (Wildman–Crippen LogP) is 1.42. The van der Waals surface area contributed by atoms with Crippen molar-refractivity contribution in [2.24, 2.45) is 0 Å². The molecular weight excluding hydrogens is 200 g/mol. The highest BCUT2D eigenvalue weighted by atomic mass is 32.2. The average Bonchev–Trinajstić information content (AvgIpc) is 2.18. The zero-order chi connectivity index (χ0) is 10.4. The molecule has 0 atom stereocenters. The molecule has 0 aliphatic rings. The third-order valence-corrected chi connectivity index (χ3v) is 2.11. The number of hydrogen-bond donors (Lipinski definition) is 1. The standard InChI is InChI=1S/C8H14N4OS/c1-4-9-6-10-7(13-3)12-8(11-6)14-5-2/h4-5H2,1-3H3,(H,9,10,11,12). The molecule has 0 aliphatic carbocycles. The van der Waals surface area contributed by atoms with Crippen LogP contribution >= 0.6 is 11.8 Å². The Hall–Kier alpha value is -1.04. The van der Waals surface area contributed by atoms with Gasteiger partial charge in [-0.2, -0.15) is 15.0 Å². The van der Waals surface area contributed by atoms with E-state index >= 15 is 0 Å². The molecule has 5 nitrogen and oxygen atoms in total. The highest BCUT2D eigenvalue weighted by molar-refractivity contribution is 7.99. The molecule has 78 valence electrons. The zero-order valence-electron chi connectivity index (χ0n) is 8.57. The first kappa shape index (κ1) is 11.0. The van der Waals surface area contributed by atoms with Crippen molar-refractivity contribution >= 4 is 17.7 Å². The summed E-state index contributed by atoms with van der Waals surface area (Å²) in [5.41, 5.74) is 0. The van der Waals surface area contributed by atoms with Crippen molar-refractivity contribution in [1.29, 1.82) is 0 Å². The fourth-order valence-corrected chi connectivity index (χ4v) is 1.41. The number of aromatic nitrogens is 3. The zero-order valence-corrected chi connectivity index (χ0v) is 9.39. The first-order valence-corrected chi connectivity index (χ1v) is 5.45. The molecular formula is C8H14N4OS. The fraction of sp³-hybridized carbons (Fsp3) is 0.625. The molecule has 1 N–H and O–H groups in total. The Morgan fingerprint density at radius 3 is 2.64 bits per heavy atom. The van der Waals surface area contributed by atoms with Crippen LogP contribution in [-0.4, -0.2) is 34.4 Å². The number of anilines is 1. The third kappa shape index (κ3) is 3.02. The summed E-state index contributed by atoms with van der Waals surface area (Å²) in [4.78, 5) is 12.4. The monoisotopic (exact) mass is 214 g/mol. The lowest BCUT2D eigenvalue weighted by atomic mass is 10.7. The number of rotatable bonds is 5. The Morgan fingerprint density at radius 2 is 2.07 bits per heavy atom. The van der Waals surface area contributed by atoms with Crippen LogP contribution in [0.15, 0.2) is 5.16 Å². The molecule has 1 rings (SSSR count). The predicted molar refractivity (Wildman–Crippen MR) is 56.9 cm³/mol. The molecule has 1 heterocycles. The van der Waals surface area contributed by atoms with E-state index in [1.54, 1.807) is 18.9 Å². The van der Waals surface area contributed by atoms with Gasteiger partial charge in [0.15, 0.2) is 5.16 Å². The molecule has 0 aromatic carbocycles. The van der Waals surface area contributed by atoms with Gasteiger partial charge in [0.2, 0.25) is 5.95 Å². The van der Waals surface area contributed by atoms with Gasteiger partial charge in [0.25, 0.3) is 0 Å². The fourth-order valence-electron chi connectivity index (χ4n) is 0.860. The summed E-state index contributed by atoms with van der Waals surface area (Å²) < 4.78 is 4.97. The summed E-state index contributed by atoms with van der Waals surface area (Å²) in [5.74, 6) is 1.49. The Labute approximate surface area is 87.7 Å². The van der Waals surface area contributed by atoms with E-state index < -0.39 is 0 Å². The molecule has 0 saturated heterocycles. The summed E-state index contributed by atoms with van der Waals surface area (Å²) in [5, 5.41) is 3.72. The van der Waals surface area contributed by atoms with E-state index in [9.17, 15) is 0 Å². The van der Waals surface area contributed by atoms with Crippen LogP contribution in [0.3, 0.4) is 0 Å². The van der Waals surface area contributed by atoms with E-state index in [4.69, 9.17) is 4.74 Å². The number of hydrogen-bond acceptors (Lipinski definition) is 6. The highest BCUT2D eigenvalue weighted by Gasteiger charge is 2.05. The van der Waals surface area contributed by atoms with Gasteiger partial charge in [-0.1, -0.05) is 18.7 Å². The second-order valence-corrected chi connectivity index (χ2v) is 3.62.